The van der Waals surface area contributed by atoms with Gasteiger partial charge in [0.15, 0.2) is 0 Å². The molecule has 0 fully saturated rings. The van der Waals surface area contributed by atoms with Gasteiger partial charge < -0.3 is 10.5 Å². The molecule has 0 saturated heterocycles. The summed E-state index contributed by atoms with van der Waals surface area (Å²) >= 11 is 5.76. The number of hydrogen-bond acceptors (Lipinski definition) is 4. The zero-order chi connectivity index (χ0) is 12.9. The SMILES string of the molecule is CCOCCNS(=O)(=O)c1ccc(N)c(Cl)c1. The third kappa shape index (κ3) is 4.16. The molecule has 17 heavy (non-hydrogen) atoms. The number of anilines is 1. The Labute approximate surface area is 106 Å². The minimum Gasteiger partial charge on any atom is -0.398 e. The second kappa shape index (κ2) is 6.20. The van der Waals surface area contributed by atoms with Crippen LogP contribution in [0.25, 0.3) is 0 Å². The Bertz CT molecular complexity index is 476. The van der Waals surface area contributed by atoms with Crippen molar-refractivity contribution >= 4 is 27.3 Å². The van der Waals surface area contributed by atoms with Gasteiger partial charge >= 0.3 is 0 Å². The minimum atomic E-state index is -3.55. The largest absolute Gasteiger partial charge is 0.398 e. The van der Waals surface area contributed by atoms with Gasteiger partial charge in [-0.05, 0) is 25.1 Å². The molecule has 96 valence electrons. The van der Waals surface area contributed by atoms with Crippen LogP contribution in [0.1, 0.15) is 6.92 Å². The Hall–Kier alpha value is -0.820. The number of ether oxygens (including phenoxy) is 1. The smallest absolute Gasteiger partial charge is 0.240 e. The fourth-order valence-corrected chi connectivity index (χ4v) is 2.44. The first-order valence-electron chi connectivity index (χ1n) is 5.10. The van der Waals surface area contributed by atoms with Crippen LogP contribution in [0.2, 0.25) is 5.02 Å². The second-order valence-corrected chi connectivity index (χ2v) is 5.45. The van der Waals surface area contributed by atoms with Gasteiger partial charge in [0.25, 0.3) is 0 Å². The summed E-state index contributed by atoms with van der Waals surface area (Å²) in [4.78, 5) is 0.0909. The van der Waals surface area contributed by atoms with Gasteiger partial charge in [0.05, 0.1) is 22.2 Å². The van der Waals surface area contributed by atoms with Crippen molar-refractivity contribution < 1.29 is 13.2 Å². The summed E-state index contributed by atoms with van der Waals surface area (Å²) in [7, 11) is -3.55. The summed E-state index contributed by atoms with van der Waals surface area (Å²) in [6, 6.07) is 4.18. The first kappa shape index (κ1) is 14.2. The zero-order valence-corrected chi connectivity index (χ0v) is 11.0. The standard InChI is InChI=1S/C10H15ClN2O3S/c1-2-16-6-5-13-17(14,15)8-3-4-10(12)9(11)7-8/h3-4,7,13H,2,5-6,12H2,1H3. The van der Waals surface area contributed by atoms with E-state index in [4.69, 9.17) is 22.1 Å². The second-order valence-electron chi connectivity index (χ2n) is 3.28. The van der Waals surface area contributed by atoms with E-state index in [2.05, 4.69) is 4.72 Å². The van der Waals surface area contributed by atoms with Gasteiger partial charge in [-0.15, -0.1) is 0 Å². The van der Waals surface area contributed by atoms with Gasteiger partial charge in [0.2, 0.25) is 10.0 Å². The average Bonchev–Trinajstić information content (AvgIpc) is 2.28. The van der Waals surface area contributed by atoms with Crippen LogP contribution in [0, 0.1) is 0 Å². The molecule has 0 aliphatic carbocycles. The van der Waals surface area contributed by atoms with E-state index < -0.39 is 10.0 Å². The van der Waals surface area contributed by atoms with E-state index in [1.54, 1.807) is 0 Å². The summed E-state index contributed by atoms with van der Waals surface area (Å²) in [6.07, 6.45) is 0. The van der Waals surface area contributed by atoms with Gasteiger partial charge in [0, 0.05) is 13.2 Å². The molecule has 5 nitrogen and oxygen atoms in total. The maximum atomic E-state index is 11.8. The van der Waals surface area contributed by atoms with Gasteiger partial charge in [0.1, 0.15) is 0 Å². The van der Waals surface area contributed by atoms with Crippen LogP contribution in [-0.4, -0.2) is 28.2 Å². The maximum Gasteiger partial charge on any atom is 0.240 e. The summed E-state index contributed by atoms with van der Waals surface area (Å²) in [5, 5.41) is 0.220. The van der Waals surface area contributed by atoms with Crippen molar-refractivity contribution in [2.24, 2.45) is 0 Å². The Morgan fingerprint density at radius 1 is 1.47 bits per heavy atom. The number of nitrogen functional groups attached to an aromatic ring is 1. The molecular weight excluding hydrogens is 264 g/mol. The maximum absolute atomic E-state index is 11.8. The van der Waals surface area contributed by atoms with E-state index in [1.807, 2.05) is 6.92 Å². The molecule has 7 heteroatoms. The quantitative estimate of drug-likeness (QED) is 0.606. The lowest BCUT2D eigenvalue weighted by Crippen LogP contribution is -2.27. The molecule has 0 radical (unpaired) electrons. The number of nitrogens with one attached hydrogen (secondary N) is 1. The van der Waals surface area contributed by atoms with E-state index in [9.17, 15) is 8.42 Å². The van der Waals surface area contributed by atoms with Crippen molar-refractivity contribution in [3.8, 4) is 0 Å². The number of rotatable bonds is 6. The van der Waals surface area contributed by atoms with E-state index >= 15 is 0 Å². The Kier molecular flexibility index (Phi) is 5.20. The van der Waals surface area contributed by atoms with Crippen molar-refractivity contribution in [3.05, 3.63) is 23.2 Å². The monoisotopic (exact) mass is 278 g/mol. The predicted molar refractivity (Wildman–Crippen MR) is 67.5 cm³/mol. The molecule has 0 saturated carbocycles. The molecule has 0 spiro atoms. The van der Waals surface area contributed by atoms with Gasteiger partial charge in [-0.25, -0.2) is 13.1 Å². The molecular formula is C10H15ClN2O3S. The van der Waals surface area contributed by atoms with Crippen LogP contribution < -0.4 is 10.5 Å². The normalized spacial score (nSPS) is 11.6. The Morgan fingerprint density at radius 2 is 2.18 bits per heavy atom. The van der Waals surface area contributed by atoms with Crippen molar-refractivity contribution in [2.75, 3.05) is 25.5 Å². The van der Waals surface area contributed by atoms with Crippen LogP contribution in [0.4, 0.5) is 5.69 Å². The molecule has 1 rings (SSSR count). The first-order valence-corrected chi connectivity index (χ1v) is 6.96. The first-order chi connectivity index (χ1) is 7.97. The third-order valence-corrected chi connectivity index (χ3v) is 3.81. The van der Waals surface area contributed by atoms with Crippen molar-refractivity contribution in [1.29, 1.82) is 0 Å². The van der Waals surface area contributed by atoms with Crippen LogP contribution in [0.3, 0.4) is 0 Å². The summed E-state index contributed by atoms with van der Waals surface area (Å²) < 4.78 is 31.0. The van der Waals surface area contributed by atoms with Crippen molar-refractivity contribution in [3.63, 3.8) is 0 Å². The van der Waals surface area contributed by atoms with E-state index in [-0.39, 0.29) is 16.5 Å². The molecule has 1 aromatic rings. The molecule has 3 N–H and O–H groups in total. The van der Waals surface area contributed by atoms with E-state index in [1.165, 1.54) is 18.2 Å². The highest BCUT2D eigenvalue weighted by atomic mass is 35.5. The zero-order valence-electron chi connectivity index (χ0n) is 9.44. The highest BCUT2D eigenvalue weighted by Gasteiger charge is 2.14. The highest BCUT2D eigenvalue weighted by Crippen LogP contribution is 2.22. The van der Waals surface area contributed by atoms with E-state index in [0.717, 1.165) is 0 Å². The number of sulfonamides is 1. The Balaban J connectivity index is 2.72. The molecule has 0 unspecified atom stereocenters. The highest BCUT2D eigenvalue weighted by molar-refractivity contribution is 7.89. The molecule has 0 amide bonds. The lowest BCUT2D eigenvalue weighted by molar-refractivity contribution is 0.153. The molecule has 0 aliphatic rings. The topological polar surface area (TPSA) is 81.4 Å². The molecule has 0 aromatic heterocycles. The molecule has 0 atom stereocenters. The Morgan fingerprint density at radius 3 is 2.76 bits per heavy atom. The number of benzene rings is 1. The van der Waals surface area contributed by atoms with Crippen LogP contribution in [-0.2, 0) is 14.8 Å². The van der Waals surface area contributed by atoms with Crippen molar-refractivity contribution in [1.82, 2.24) is 4.72 Å². The summed E-state index contributed by atoms with van der Waals surface area (Å²) in [5.74, 6) is 0. The molecule has 0 aliphatic heterocycles. The third-order valence-electron chi connectivity index (χ3n) is 2.02. The molecule has 0 bridgehead atoms. The predicted octanol–water partition coefficient (Wildman–Crippen LogP) is 1.24. The number of halogens is 1. The molecule has 1 aromatic carbocycles. The van der Waals surface area contributed by atoms with Gasteiger partial charge in [-0.3, -0.25) is 0 Å². The summed E-state index contributed by atoms with van der Waals surface area (Å²) in [5.41, 5.74) is 5.85. The van der Waals surface area contributed by atoms with Gasteiger partial charge in [-0.1, -0.05) is 11.6 Å². The van der Waals surface area contributed by atoms with Crippen LogP contribution in [0.5, 0.6) is 0 Å². The number of nitrogens with two attached hydrogens (primary N) is 1. The lowest BCUT2D eigenvalue weighted by atomic mass is 10.3. The molecule has 0 heterocycles. The van der Waals surface area contributed by atoms with Crippen molar-refractivity contribution in [2.45, 2.75) is 11.8 Å². The van der Waals surface area contributed by atoms with Crippen LogP contribution in [0.15, 0.2) is 23.1 Å². The van der Waals surface area contributed by atoms with Gasteiger partial charge in [-0.2, -0.15) is 0 Å². The van der Waals surface area contributed by atoms with E-state index in [0.29, 0.717) is 18.9 Å². The minimum absolute atomic E-state index is 0.0909. The number of hydrogen-bond donors (Lipinski definition) is 2. The fraction of sp³-hybridized carbons (Fsp3) is 0.400. The average molecular weight is 279 g/mol. The van der Waals surface area contributed by atoms with Crippen LogP contribution >= 0.6 is 11.6 Å². The fourth-order valence-electron chi connectivity index (χ4n) is 1.15. The summed E-state index contributed by atoms with van der Waals surface area (Å²) in [6.45, 7) is 2.94. The lowest BCUT2D eigenvalue weighted by Gasteiger charge is -2.07.